The summed E-state index contributed by atoms with van der Waals surface area (Å²) in [5, 5.41) is 12.9. The highest BCUT2D eigenvalue weighted by atomic mass is 16.5. The summed E-state index contributed by atoms with van der Waals surface area (Å²) < 4.78 is 5.84. The predicted octanol–water partition coefficient (Wildman–Crippen LogP) is 1.94. The van der Waals surface area contributed by atoms with Crippen molar-refractivity contribution < 1.29 is 9.84 Å². The zero-order valence-corrected chi connectivity index (χ0v) is 11.4. The van der Waals surface area contributed by atoms with E-state index in [2.05, 4.69) is 26.1 Å². The second-order valence-corrected chi connectivity index (χ2v) is 5.93. The van der Waals surface area contributed by atoms with Crippen molar-refractivity contribution in [2.45, 2.75) is 64.6 Å². The van der Waals surface area contributed by atoms with Gasteiger partial charge in [0, 0.05) is 30.7 Å². The van der Waals surface area contributed by atoms with Gasteiger partial charge in [-0.2, -0.15) is 0 Å². The molecule has 0 aromatic heterocycles. The Labute approximate surface area is 105 Å². The first-order valence-electron chi connectivity index (χ1n) is 7.12. The first-order chi connectivity index (χ1) is 8.14. The van der Waals surface area contributed by atoms with Crippen LogP contribution >= 0.6 is 0 Å². The molecule has 17 heavy (non-hydrogen) atoms. The molecule has 100 valence electrons. The first-order valence-corrected chi connectivity index (χ1v) is 7.12. The van der Waals surface area contributed by atoms with Crippen molar-refractivity contribution in [3.63, 3.8) is 0 Å². The van der Waals surface area contributed by atoms with Gasteiger partial charge in [0.05, 0.1) is 6.10 Å². The van der Waals surface area contributed by atoms with Gasteiger partial charge < -0.3 is 15.2 Å². The smallest absolute Gasteiger partial charge is 0.0661 e. The first kappa shape index (κ1) is 13.3. The Hall–Kier alpha value is -0.120. The lowest BCUT2D eigenvalue weighted by Gasteiger charge is -2.62. The number of ether oxygens (including phenoxy) is 1. The van der Waals surface area contributed by atoms with E-state index in [4.69, 9.17) is 4.74 Å². The fourth-order valence-corrected chi connectivity index (χ4v) is 3.31. The number of aliphatic hydroxyl groups excluding tert-OH is 1. The van der Waals surface area contributed by atoms with E-state index in [0.29, 0.717) is 29.5 Å². The summed E-state index contributed by atoms with van der Waals surface area (Å²) in [6, 6.07) is 1.00. The largest absolute Gasteiger partial charge is 0.396 e. The molecule has 2 saturated carbocycles. The Bertz CT molecular complexity index is 253. The number of hydrogen-bond donors (Lipinski definition) is 2. The van der Waals surface area contributed by atoms with Crippen LogP contribution in [-0.2, 0) is 4.74 Å². The van der Waals surface area contributed by atoms with Gasteiger partial charge in [-0.1, -0.05) is 13.3 Å². The molecule has 2 aliphatic carbocycles. The molecule has 4 unspecified atom stereocenters. The van der Waals surface area contributed by atoms with E-state index in [1.165, 1.54) is 19.3 Å². The molecule has 0 aromatic carbocycles. The fourth-order valence-electron chi connectivity index (χ4n) is 3.31. The molecule has 2 rings (SSSR count). The molecule has 4 atom stereocenters. The van der Waals surface area contributed by atoms with Gasteiger partial charge in [0.15, 0.2) is 0 Å². The van der Waals surface area contributed by atoms with E-state index in [1.54, 1.807) is 0 Å². The molecule has 3 heteroatoms. The minimum Gasteiger partial charge on any atom is -0.396 e. The van der Waals surface area contributed by atoms with Crippen LogP contribution in [-0.4, -0.2) is 36.5 Å². The minimum absolute atomic E-state index is 0.267. The molecular weight excluding hydrogens is 214 g/mol. The van der Waals surface area contributed by atoms with E-state index in [9.17, 15) is 5.11 Å². The monoisotopic (exact) mass is 241 g/mol. The van der Waals surface area contributed by atoms with Crippen molar-refractivity contribution in [3.05, 3.63) is 0 Å². The molecule has 0 saturated heterocycles. The summed E-state index contributed by atoms with van der Waals surface area (Å²) in [6.45, 7) is 7.47. The van der Waals surface area contributed by atoms with Gasteiger partial charge in [-0.3, -0.25) is 0 Å². The van der Waals surface area contributed by atoms with Crippen LogP contribution in [0.4, 0.5) is 0 Å². The normalized spacial score (nSPS) is 33.9. The SMILES string of the molecule is CCOC1CC(NC(C)C(C)CO)C12CCC2. The molecule has 0 amide bonds. The van der Waals surface area contributed by atoms with Crippen molar-refractivity contribution >= 4 is 0 Å². The van der Waals surface area contributed by atoms with Crippen LogP contribution < -0.4 is 5.32 Å². The summed E-state index contributed by atoms with van der Waals surface area (Å²) in [5.74, 6) is 0.332. The quantitative estimate of drug-likeness (QED) is 0.747. The zero-order chi connectivity index (χ0) is 12.5. The Morgan fingerprint density at radius 2 is 2.12 bits per heavy atom. The van der Waals surface area contributed by atoms with Gasteiger partial charge in [-0.15, -0.1) is 0 Å². The van der Waals surface area contributed by atoms with Crippen molar-refractivity contribution in [1.82, 2.24) is 5.32 Å². The van der Waals surface area contributed by atoms with Crippen LogP contribution in [0.1, 0.15) is 46.5 Å². The van der Waals surface area contributed by atoms with Gasteiger partial charge in [-0.05, 0) is 39.0 Å². The average Bonchev–Trinajstić information content (AvgIpc) is 2.23. The Kier molecular flexibility index (Phi) is 4.11. The van der Waals surface area contributed by atoms with Crippen molar-refractivity contribution in [3.8, 4) is 0 Å². The van der Waals surface area contributed by atoms with Crippen LogP contribution in [0.15, 0.2) is 0 Å². The lowest BCUT2D eigenvalue weighted by atomic mass is 9.51. The minimum atomic E-state index is 0.267. The van der Waals surface area contributed by atoms with Crippen LogP contribution in [0.3, 0.4) is 0 Å². The van der Waals surface area contributed by atoms with Crippen LogP contribution in [0, 0.1) is 11.3 Å². The Balaban J connectivity index is 1.87. The van der Waals surface area contributed by atoms with E-state index in [1.807, 2.05) is 0 Å². The summed E-state index contributed by atoms with van der Waals surface area (Å²) >= 11 is 0. The fraction of sp³-hybridized carbons (Fsp3) is 1.00. The standard InChI is InChI=1S/C14H27NO2/c1-4-17-13-8-12(14(13)6-5-7-14)15-11(3)10(2)9-16/h10-13,15-16H,4-9H2,1-3H3. The molecule has 0 heterocycles. The maximum absolute atomic E-state index is 9.18. The Morgan fingerprint density at radius 3 is 2.59 bits per heavy atom. The van der Waals surface area contributed by atoms with Crippen LogP contribution in [0.2, 0.25) is 0 Å². The topological polar surface area (TPSA) is 41.5 Å². The van der Waals surface area contributed by atoms with Crippen molar-refractivity contribution in [2.75, 3.05) is 13.2 Å². The molecule has 2 fully saturated rings. The van der Waals surface area contributed by atoms with E-state index < -0.39 is 0 Å². The van der Waals surface area contributed by atoms with Gasteiger partial charge in [0.2, 0.25) is 0 Å². The lowest BCUT2D eigenvalue weighted by molar-refractivity contribution is -0.175. The zero-order valence-electron chi connectivity index (χ0n) is 11.4. The second kappa shape index (κ2) is 5.25. The van der Waals surface area contributed by atoms with Crippen LogP contribution in [0.5, 0.6) is 0 Å². The number of nitrogens with one attached hydrogen (secondary N) is 1. The third-order valence-electron chi connectivity index (χ3n) is 5.04. The highest BCUT2D eigenvalue weighted by Crippen LogP contribution is 2.57. The van der Waals surface area contributed by atoms with E-state index in [-0.39, 0.29) is 6.61 Å². The van der Waals surface area contributed by atoms with Crippen molar-refractivity contribution in [1.29, 1.82) is 0 Å². The molecule has 3 nitrogen and oxygen atoms in total. The molecule has 0 radical (unpaired) electrons. The highest BCUT2D eigenvalue weighted by Gasteiger charge is 2.58. The molecule has 2 aliphatic rings. The molecule has 2 N–H and O–H groups in total. The number of rotatable bonds is 6. The van der Waals surface area contributed by atoms with E-state index >= 15 is 0 Å². The third-order valence-corrected chi connectivity index (χ3v) is 5.04. The Morgan fingerprint density at radius 1 is 1.41 bits per heavy atom. The molecule has 0 aromatic rings. The second-order valence-electron chi connectivity index (χ2n) is 5.93. The van der Waals surface area contributed by atoms with Gasteiger partial charge in [0.25, 0.3) is 0 Å². The predicted molar refractivity (Wildman–Crippen MR) is 69.0 cm³/mol. The molecule has 0 aliphatic heterocycles. The summed E-state index contributed by atoms with van der Waals surface area (Å²) in [6.07, 6.45) is 5.61. The van der Waals surface area contributed by atoms with E-state index in [0.717, 1.165) is 13.0 Å². The van der Waals surface area contributed by atoms with Gasteiger partial charge in [0.1, 0.15) is 0 Å². The maximum atomic E-state index is 9.18. The molecular formula is C14H27NO2. The highest BCUT2D eigenvalue weighted by molar-refractivity contribution is 5.12. The number of aliphatic hydroxyl groups is 1. The maximum Gasteiger partial charge on any atom is 0.0661 e. The summed E-state index contributed by atoms with van der Waals surface area (Å²) in [5.41, 5.74) is 0.430. The van der Waals surface area contributed by atoms with Gasteiger partial charge >= 0.3 is 0 Å². The number of hydrogen-bond acceptors (Lipinski definition) is 3. The average molecular weight is 241 g/mol. The van der Waals surface area contributed by atoms with Crippen molar-refractivity contribution in [2.24, 2.45) is 11.3 Å². The van der Waals surface area contributed by atoms with Gasteiger partial charge in [-0.25, -0.2) is 0 Å². The van der Waals surface area contributed by atoms with Crippen LogP contribution in [0.25, 0.3) is 0 Å². The lowest BCUT2D eigenvalue weighted by Crippen LogP contribution is -2.68. The third kappa shape index (κ3) is 2.25. The molecule has 1 spiro atoms. The summed E-state index contributed by atoms with van der Waals surface area (Å²) in [4.78, 5) is 0. The summed E-state index contributed by atoms with van der Waals surface area (Å²) in [7, 11) is 0. The molecule has 0 bridgehead atoms.